The molecule has 1 aliphatic rings. The third-order valence-corrected chi connectivity index (χ3v) is 3.74. The first-order chi connectivity index (χ1) is 10.0. The van der Waals surface area contributed by atoms with Gasteiger partial charge in [0.15, 0.2) is 0 Å². The molecule has 5 nitrogen and oxygen atoms in total. The zero-order valence-corrected chi connectivity index (χ0v) is 14.1. The minimum absolute atomic E-state index is 0.196. The van der Waals surface area contributed by atoms with Gasteiger partial charge in [0.05, 0.1) is 18.8 Å². The van der Waals surface area contributed by atoms with Crippen molar-refractivity contribution in [2.75, 3.05) is 7.11 Å². The fourth-order valence-corrected chi connectivity index (χ4v) is 2.47. The summed E-state index contributed by atoms with van der Waals surface area (Å²) in [4.78, 5) is 12.5. The maximum atomic E-state index is 12.5. The van der Waals surface area contributed by atoms with Crippen LogP contribution in [0.3, 0.4) is 0 Å². The number of rotatable bonds is 2. The summed E-state index contributed by atoms with van der Waals surface area (Å²) in [5, 5.41) is 13.2. The summed E-state index contributed by atoms with van der Waals surface area (Å²) in [6.07, 6.45) is -0.267. The van der Waals surface area contributed by atoms with E-state index in [1.54, 1.807) is 19.2 Å². The van der Waals surface area contributed by atoms with E-state index < -0.39 is 11.7 Å². The number of amides is 1. The molecule has 122 valence electrons. The monoisotopic (exact) mass is 307 g/mol. The van der Waals surface area contributed by atoms with Crippen LogP contribution in [0.1, 0.15) is 50.5 Å². The highest BCUT2D eigenvalue weighted by Crippen LogP contribution is 2.41. The van der Waals surface area contributed by atoms with Crippen LogP contribution < -0.4 is 14.8 Å². The van der Waals surface area contributed by atoms with E-state index in [-0.39, 0.29) is 11.4 Å². The van der Waals surface area contributed by atoms with Crippen molar-refractivity contribution in [2.45, 2.75) is 58.3 Å². The highest BCUT2D eigenvalue weighted by Gasteiger charge is 2.39. The molecule has 0 spiro atoms. The molecule has 1 heterocycles. The van der Waals surface area contributed by atoms with Crippen LogP contribution in [0.25, 0.3) is 0 Å². The molecule has 0 saturated heterocycles. The number of ether oxygens (including phenoxy) is 2. The fourth-order valence-electron chi connectivity index (χ4n) is 2.47. The van der Waals surface area contributed by atoms with Crippen LogP contribution in [0.5, 0.6) is 11.5 Å². The van der Waals surface area contributed by atoms with E-state index >= 15 is 0 Å². The second kappa shape index (κ2) is 5.47. The van der Waals surface area contributed by atoms with Gasteiger partial charge in [-0.25, -0.2) is 0 Å². The Labute approximate surface area is 131 Å². The zero-order valence-electron chi connectivity index (χ0n) is 14.1. The number of fused-ring (bicyclic) bond motifs is 1. The van der Waals surface area contributed by atoms with Gasteiger partial charge in [-0.1, -0.05) is 0 Å². The number of hydrogen-bond donors (Lipinski definition) is 2. The molecule has 1 aromatic carbocycles. The zero-order chi connectivity index (χ0) is 16.7. The van der Waals surface area contributed by atoms with Gasteiger partial charge in [0.25, 0.3) is 5.91 Å². The topological polar surface area (TPSA) is 67.8 Å². The number of nitrogens with one attached hydrogen (secondary N) is 1. The predicted molar refractivity (Wildman–Crippen MR) is 84.6 cm³/mol. The smallest absolute Gasteiger partial charge is 0.255 e. The molecule has 0 aliphatic carbocycles. The highest BCUT2D eigenvalue weighted by atomic mass is 16.5. The average Bonchev–Trinajstić information content (AvgIpc) is 2.36. The van der Waals surface area contributed by atoms with Gasteiger partial charge in [-0.15, -0.1) is 0 Å². The number of aliphatic hydroxyl groups excluding tert-OH is 1. The van der Waals surface area contributed by atoms with Gasteiger partial charge in [0.2, 0.25) is 0 Å². The first-order valence-electron chi connectivity index (χ1n) is 7.44. The highest BCUT2D eigenvalue weighted by molar-refractivity contribution is 5.98. The Hall–Kier alpha value is -1.75. The molecule has 1 aromatic rings. The summed E-state index contributed by atoms with van der Waals surface area (Å²) >= 11 is 0. The van der Waals surface area contributed by atoms with Crippen molar-refractivity contribution >= 4 is 5.91 Å². The Morgan fingerprint density at radius 1 is 1.41 bits per heavy atom. The molecular formula is C17H25NO4. The van der Waals surface area contributed by atoms with Crippen LogP contribution in [0.2, 0.25) is 0 Å². The molecule has 5 heteroatoms. The molecule has 0 fully saturated rings. The van der Waals surface area contributed by atoms with Crippen LogP contribution in [0.15, 0.2) is 12.1 Å². The van der Waals surface area contributed by atoms with Crippen molar-refractivity contribution in [1.82, 2.24) is 5.32 Å². The molecule has 2 N–H and O–H groups in total. The van der Waals surface area contributed by atoms with Gasteiger partial charge in [0, 0.05) is 17.5 Å². The molecule has 0 unspecified atom stereocenters. The van der Waals surface area contributed by atoms with Gasteiger partial charge in [-0.2, -0.15) is 0 Å². The number of carbonyl (C=O) groups is 1. The fraction of sp³-hybridized carbons (Fsp3) is 0.588. The summed E-state index contributed by atoms with van der Waals surface area (Å²) in [7, 11) is 1.57. The van der Waals surface area contributed by atoms with E-state index in [1.165, 1.54) is 0 Å². The van der Waals surface area contributed by atoms with Crippen molar-refractivity contribution in [3.63, 3.8) is 0 Å². The third-order valence-electron chi connectivity index (χ3n) is 3.74. The normalized spacial score (nSPS) is 19.9. The minimum Gasteiger partial charge on any atom is -0.496 e. The van der Waals surface area contributed by atoms with E-state index in [1.807, 2.05) is 34.6 Å². The predicted octanol–water partition coefficient (Wildman–Crippen LogP) is 2.30. The molecule has 1 aliphatic heterocycles. The van der Waals surface area contributed by atoms with E-state index in [0.717, 1.165) is 5.56 Å². The molecule has 1 atom stereocenters. The van der Waals surface area contributed by atoms with E-state index in [4.69, 9.17) is 9.47 Å². The Bertz CT molecular complexity index is 587. The quantitative estimate of drug-likeness (QED) is 0.880. The molecule has 1 amide bonds. The van der Waals surface area contributed by atoms with Crippen molar-refractivity contribution in [3.8, 4) is 11.5 Å². The second-order valence-electron chi connectivity index (χ2n) is 7.25. The largest absolute Gasteiger partial charge is 0.496 e. The molecule has 2 rings (SSSR count). The standard InChI is InChI=1S/C17H25NO4/c1-16(2,3)18-15(20)10-7-8-12(21-6)11-9-13(19)17(4,5)22-14(10)11/h7-8,13,19H,9H2,1-6H3,(H,18,20)/t13-/m1/s1. The van der Waals surface area contributed by atoms with Crippen molar-refractivity contribution in [3.05, 3.63) is 23.3 Å². The van der Waals surface area contributed by atoms with Crippen molar-refractivity contribution < 1.29 is 19.4 Å². The van der Waals surface area contributed by atoms with Crippen LogP contribution in [0, 0.1) is 0 Å². The van der Waals surface area contributed by atoms with Gasteiger partial charge < -0.3 is 19.9 Å². The van der Waals surface area contributed by atoms with E-state index in [0.29, 0.717) is 23.5 Å². The van der Waals surface area contributed by atoms with Gasteiger partial charge in [0.1, 0.15) is 17.1 Å². The van der Waals surface area contributed by atoms with E-state index in [9.17, 15) is 9.90 Å². The lowest BCUT2D eigenvalue weighted by Crippen LogP contribution is -2.47. The maximum Gasteiger partial charge on any atom is 0.255 e. The van der Waals surface area contributed by atoms with Gasteiger partial charge >= 0.3 is 0 Å². The summed E-state index contributed by atoms with van der Waals surface area (Å²) in [5.74, 6) is 0.923. The number of benzene rings is 1. The van der Waals surface area contributed by atoms with Crippen LogP contribution in [0.4, 0.5) is 0 Å². The minimum atomic E-state index is -0.754. The Morgan fingerprint density at radius 3 is 2.59 bits per heavy atom. The molecule has 0 radical (unpaired) electrons. The van der Waals surface area contributed by atoms with E-state index in [2.05, 4.69) is 5.32 Å². The van der Waals surface area contributed by atoms with Crippen LogP contribution in [-0.2, 0) is 6.42 Å². The van der Waals surface area contributed by atoms with Crippen LogP contribution >= 0.6 is 0 Å². The van der Waals surface area contributed by atoms with Gasteiger partial charge in [-0.05, 0) is 46.8 Å². The van der Waals surface area contributed by atoms with Gasteiger partial charge in [-0.3, -0.25) is 4.79 Å². The van der Waals surface area contributed by atoms with Crippen LogP contribution in [-0.4, -0.2) is 35.4 Å². The number of carbonyl (C=O) groups excluding carboxylic acids is 1. The second-order valence-corrected chi connectivity index (χ2v) is 7.25. The van der Waals surface area contributed by atoms with Crippen molar-refractivity contribution in [2.24, 2.45) is 0 Å². The molecular weight excluding hydrogens is 282 g/mol. The summed E-state index contributed by atoms with van der Waals surface area (Å²) in [5.41, 5.74) is 0.102. The molecule has 0 aromatic heterocycles. The first kappa shape index (κ1) is 16.6. The average molecular weight is 307 g/mol. The summed E-state index contributed by atoms with van der Waals surface area (Å²) in [6.45, 7) is 9.40. The number of methoxy groups -OCH3 is 1. The summed E-state index contributed by atoms with van der Waals surface area (Å²) in [6, 6.07) is 3.44. The summed E-state index contributed by atoms with van der Waals surface area (Å²) < 4.78 is 11.3. The lowest BCUT2D eigenvalue weighted by molar-refractivity contribution is -0.0421. The Morgan fingerprint density at radius 2 is 2.05 bits per heavy atom. The first-order valence-corrected chi connectivity index (χ1v) is 7.44. The molecule has 0 bridgehead atoms. The number of aliphatic hydroxyl groups is 1. The molecule has 0 saturated carbocycles. The number of hydrogen-bond acceptors (Lipinski definition) is 4. The molecule has 22 heavy (non-hydrogen) atoms. The maximum absolute atomic E-state index is 12.5. The Kier molecular flexibility index (Phi) is 4.13. The Balaban J connectivity index is 2.50. The third kappa shape index (κ3) is 3.19. The SMILES string of the molecule is COc1ccc(C(=O)NC(C)(C)C)c2c1C[C@@H](O)C(C)(C)O2. The lowest BCUT2D eigenvalue weighted by atomic mass is 9.89. The lowest BCUT2D eigenvalue weighted by Gasteiger charge is -2.38. The van der Waals surface area contributed by atoms with Crippen molar-refractivity contribution in [1.29, 1.82) is 0 Å².